The van der Waals surface area contributed by atoms with Crippen LogP contribution < -0.4 is 15.5 Å². The van der Waals surface area contributed by atoms with Gasteiger partial charge in [0.05, 0.1) is 18.3 Å². The Labute approximate surface area is 193 Å². The second-order valence-electron chi connectivity index (χ2n) is 6.81. The van der Waals surface area contributed by atoms with Gasteiger partial charge in [0.15, 0.2) is 0 Å². The predicted octanol–water partition coefficient (Wildman–Crippen LogP) is 3.86. The van der Waals surface area contributed by atoms with Crippen molar-refractivity contribution in [2.75, 3.05) is 6.54 Å². The highest BCUT2D eigenvalue weighted by Gasteiger charge is 2.09. The number of amides is 2. The summed E-state index contributed by atoms with van der Waals surface area (Å²) in [4.78, 5) is 36.1. The summed E-state index contributed by atoms with van der Waals surface area (Å²) in [7, 11) is 0. The van der Waals surface area contributed by atoms with Gasteiger partial charge in [0.1, 0.15) is 5.75 Å². The molecule has 3 rings (SSSR count). The summed E-state index contributed by atoms with van der Waals surface area (Å²) >= 11 is 3.29. The molecule has 0 radical (unpaired) electrons. The van der Waals surface area contributed by atoms with E-state index in [0.29, 0.717) is 22.4 Å². The van der Waals surface area contributed by atoms with Crippen molar-refractivity contribution in [2.45, 2.75) is 6.92 Å². The average molecular weight is 494 g/mol. The van der Waals surface area contributed by atoms with Crippen molar-refractivity contribution in [3.63, 3.8) is 0 Å². The van der Waals surface area contributed by atoms with Crippen LogP contribution >= 0.6 is 15.9 Å². The topological polar surface area (TPSA) is 96.9 Å². The Morgan fingerprint density at radius 1 is 0.969 bits per heavy atom. The van der Waals surface area contributed by atoms with E-state index >= 15 is 0 Å². The first-order valence-electron chi connectivity index (χ1n) is 9.65. The molecule has 3 aromatic rings. The first-order valence-corrected chi connectivity index (χ1v) is 10.4. The van der Waals surface area contributed by atoms with Gasteiger partial charge in [0.25, 0.3) is 11.8 Å². The van der Waals surface area contributed by atoms with Gasteiger partial charge in [-0.3, -0.25) is 9.59 Å². The molecule has 0 unspecified atom stereocenters. The van der Waals surface area contributed by atoms with E-state index in [9.17, 15) is 14.4 Å². The number of esters is 1. The van der Waals surface area contributed by atoms with Crippen molar-refractivity contribution >= 4 is 39.9 Å². The number of hydrogen-bond donors (Lipinski definition) is 2. The van der Waals surface area contributed by atoms with Crippen LogP contribution in [0, 0.1) is 6.92 Å². The van der Waals surface area contributed by atoms with Gasteiger partial charge in [0.2, 0.25) is 0 Å². The van der Waals surface area contributed by atoms with Crippen LogP contribution in [0.15, 0.2) is 82.4 Å². The molecular weight excluding hydrogens is 474 g/mol. The van der Waals surface area contributed by atoms with Gasteiger partial charge >= 0.3 is 5.97 Å². The summed E-state index contributed by atoms with van der Waals surface area (Å²) < 4.78 is 6.13. The molecule has 0 aliphatic heterocycles. The lowest BCUT2D eigenvalue weighted by molar-refractivity contribution is -0.120. The Hall–Kier alpha value is -3.78. The van der Waals surface area contributed by atoms with Crippen molar-refractivity contribution in [1.82, 2.24) is 10.7 Å². The molecule has 0 heterocycles. The second-order valence-corrected chi connectivity index (χ2v) is 7.73. The molecule has 2 amide bonds. The number of carbonyl (C=O) groups is 3. The number of nitrogens with one attached hydrogen (secondary N) is 2. The quantitative estimate of drug-likeness (QED) is 0.226. The van der Waals surface area contributed by atoms with Crippen LogP contribution in [-0.2, 0) is 4.79 Å². The fourth-order valence-corrected chi connectivity index (χ4v) is 3.07. The number of aryl methyl sites for hydroxylation is 1. The minimum Gasteiger partial charge on any atom is -0.423 e. The molecular formula is C24H20BrN3O4. The van der Waals surface area contributed by atoms with E-state index < -0.39 is 11.9 Å². The van der Waals surface area contributed by atoms with E-state index in [4.69, 9.17) is 4.74 Å². The van der Waals surface area contributed by atoms with E-state index in [0.717, 1.165) is 10.0 Å². The Morgan fingerprint density at radius 2 is 1.69 bits per heavy atom. The van der Waals surface area contributed by atoms with E-state index in [1.54, 1.807) is 66.7 Å². The minimum atomic E-state index is -0.465. The zero-order valence-electron chi connectivity index (χ0n) is 17.2. The minimum absolute atomic E-state index is 0.212. The number of benzene rings is 3. The van der Waals surface area contributed by atoms with Crippen molar-refractivity contribution in [2.24, 2.45) is 5.10 Å². The maximum absolute atomic E-state index is 12.2. The second kappa shape index (κ2) is 11.0. The van der Waals surface area contributed by atoms with Gasteiger partial charge in [-0.1, -0.05) is 39.7 Å². The van der Waals surface area contributed by atoms with E-state index in [2.05, 4.69) is 31.8 Å². The molecule has 0 bridgehead atoms. The lowest BCUT2D eigenvalue weighted by Gasteiger charge is -2.05. The van der Waals surface area contributed by atoms with Crippen LogP contribution in [0.2, 0.25) is 0 Å². The smallest absolute Gasteiger partial charge is 0.343 e. The molecule has 8 heteroatoms. The van der Waals surface area contributed by atoms with Crippen molar-refractivity contribution in [3.05, 3.63) is 99.5 Å². The molecule has 0 fully saturated rings. The van der Waals surface area contributed by atoms with E-state index in [-0.39, 0.29) is 12.5 Å². The lowest BCUT2D eigenvalue weighted by Crippen LogP contribution is -2.34. The number of halogens is 1. The van der Waals surface area contributed by atoms with Gasteiger partial charge < -0.3 is 10.1 Å². The summed E-state index contributed by atoms with van der Waals surface area (Å²) in [6, 6.07) is 20.7. The number of rotatable bonds is 7. The molecule has 3 aromatic carbocycles. The number of ether oxygens (including phenoxy) is 1. The molecule has 0 atom stereocenters. The molecule has 0 aliphatic carbocycles. The Bertz CT molecular complexity index is 1160. The van der Waals surface area contributed by atoms with Crippen LogP contribution in [0.25, 0.3) is 0 Å². The lowest BCUT2D eigenvalue weighted by atomic mass is 10.1. The highest BCUT2D eigenvalue weighted by Crippen LogP contribution is 2.14. The highest BCUT2D eigenvalue weighted by molar-refractivity contribution is 9.10. The SMILES string of the molecule is Cc1cccc(C(=O)Oc2ccc(/C=N/NC(=O)CNC(=O)c3cccc(Br)c3)cc2)c1. The third-order valence-corrected chi connectivity index (χ3v) is 4.74. The average Bonchev–Trinajstić information content (AvgIpc) is 2.78. The largest absolute Gasteiger partial charge is 0.423 e. The van der Waals surface area contributed by atoms with Crippen LogP contribution in [0.5, 0.6) is 5.75 Å². The fourth-order valence-electron chi connectivity index (χ4n) is 2.67. The monoisotopic (exact) mass is 493 g/mol. The highest BCUT2D eigenvalue weighted by atomic mass is 79.9. The molecule has 2 N–H and O–H groups in total. The van der Waals surface area contributed by atoms with Gasteiger partial charge in [0, 0.05) is 10.0 Å². The number of nitrogens with zero attached hydrogens (tertiary/aromatic N) is 1. The van der Waals surface area contributed by atoms with Crippen LogP contribution in [0.1, 0.15) is 31.8 Å². The van der Waals surface area contributed by atoms with Crippen molar-refractivity contribution in [3.8, 4) is 5.75 Å². The summed E-state index contributed by atoms with van der Waals surface area (Å²) in [5, 5.41) is 6.39. The molecule has 0 spiro atoms. The standard InChI is InChI=1S/C24H20BrN3O4/c1-16-4-2-6-19(12-16)24(31)32-21-10-8-17(9-11-21)14-27-28-22(29)15-26-23(30)18-5-3-7-20(25)13-18/h2-14H,15H2,1H3,(H,26,30)(H,28,29)/b27-14+. The van der Waals surface area contributed by atoms with Gasteiger partial charge in [-0.15, -0.1) is 0 Å². The third kappa shape index (κ3) is 6.88. The molecule has 0 aromatic heterocycles. The number of hydrazone groups is 1. The van der Waals surface area contributed by atoms with Gasteiger partial charge in [-0.2, -0.15) is 5.10 Å². The maximum atomic E-state index is 12.2. The fraction of sp³-hybridized carbons (Fsp3) is 0.0833. The van der Waals surface area contributed by atoms with Crippen molar-refractivity contribution < 1.29 is 19.1 Å². The molecule has 0 saturated carbocycles. The predicted molar refractivity (Wildman–Crippen MR) is 125 cm³/mol. The molecule has 0 aliphatic rings. The van der Waals surface area contributed by atoms with Crippen LogP contribution in [-0.4, -0.2) is 30.5 Å². The third-order valence-electron chi connectivity index (χ3n) is 4.24. The normalized spacial score (nSPS) is 10.6. The van der Waals surface area contributed by atoms with Gasteiger partial charge in [-0.25, -0.2) is 10.2 Å². The maximum Gasteiger partial charge on any atom is 0.343 e. The molecule has 7 nitrogen and oxygen atoms in total. The molecule has 162 valence electrons. The molecule has 0 saturated heterocycles. The van der Waals surface area contributed by atoms with Crippen LogP contribution in [0.4, 0.5) is 0 Å². The van der Waals surface area contributed by atoms with Crippen LogP contribution in [0.3, 0.4) is 0 Å². The summed E-state index contributed by atoms with van der Waals surface area (Å²) in [6.45, 7) is 1.69. The van der Waals surface area contributed by atoms with Gasteiger partial charge in [-0.05, 0) is 67.1 Å². The number of hydrogen-bond acceptors (Lipinski definition) is 5. The summed E-state index contributed by atoms with van der Waals surface area (Å²) in [5.41, 5.74) is 4.93. The zero-order valence-corrected chi connectivity index (χ0v) is 18.8. The first kappa shape index (κ1) is 22.9. The molecule has 32 heavy (non-hydrogen) atoms. The Balaban J connectivity index is 1.45. The van der Waals surface area contributed by atoms with Crippen molar-refractivity contribution in [1.29, 1.82) is 0 Å². The number of carbonyl (C=O) groups excluding carboxylic acids is 3. The summed E-state index contributed by atoms with van der Waals surface area (Å²) in [5.74, 6) is -0.866. The van der Waals surface area contributed by atoms with E-state index in [1.165, 1.54) is 6.21 Å². The van der Waals surface area contributed by atoms with E-state index in [1.807, 2.05) is 13.0 Å². The zero-order chi connectivity index (χ0) is 22.9. The summed E-state index contributed by atoms with van der Waals surface area (Å²) in [6.07, 6.45) is 1.44. The first-order chi connectivity index (χ1) is 15.4. The Morgan fingerprint density at radius 3 is 2.41 bits per heavy atom. The Kier molecular flexibility index (Phi) is 7.88.